The molecule has 0 bridgehead atoms. The molecule has 2 heterocycles. The normalized spacial score (nSPS) is 18.2. The Morgan fingerprint density at radius 1 is 1.24 bits per heavy atom. The average molecular weight is 291 g/mol. The van der Waals surface area contributed by atoms with Gasteiger partial charge in [0, 0.05) is 23.7 Å². The molecule has 21 heavy (non-hydrogen) atoms. The van der Waals surface area contributed by atoms with Gasteiger partial charge in [-0.1, -0.05) is 26.8 Å². The van der Waals surface area contributed by atoms with Crippen molar-refractivity contribution in [3.63, 3.8) is 0 Å². The maximum atomic E-state index is 14.1. The Morgan fingerprint density at radius 3 is 2.52 bits per heavy atom. The number of hydrogen-bond donors (Lipinski definition) is 1. The molecule has 1 aromatic heterocycles. The Hall–Kier alpha value is -1.91. The van der Waals surface area contributed by atoms with Crippen molar-refractivity contribution in [1.82, 2.24) is 9.55 Å². The predicted octanol–water partition coefficient (Wildman–Crippen LogP) is 3.86. The lowest BCUT2D eigenvalue weighted by Crippen LogP contribution is -2.24. The third-order valence-corrected chi connectivity index (χ3v) is 3.87. The van der Waals surface area contributed by atoms with Crippen molar-refractivity contribution in [2.75, 3.05) is 11.9 Å². The van der Waals surface area contributed by atoms with Gasteiger partial charge in [0.25, 0.3) is 0 Å². The molecule has 3 rings (SSSR count). The minimum absolute atomic E-state index is 0.107. The number of aromatic nitrogens is 2. The Morgan fingerprint density at radius 2 is 1.90 bits per heavy atom. The van der Waals surface area contributed by atoms with Crippen molar-refractivity contribution in [1.29, 1.82) is 0 Å². The van der Waals surface area contributed by atoms with Crippen molar-refractivity contribution < 1.29 is 8.78 Å². The van der Waals surface area contributed by atoms with E-state index in [1.54, 1.807) is 0 Å². The second-order valence-corrected chi connectivity index (χ2v) is 6.47. The van der Waals surface area contributed by atoms with E-state index < -0.39 is 11.6 Å². The second-order valence-electron chi connectivity index (χ2n) is 6.47. The van der Waals surface area contributed by atoms with Crippen molar-refractivity contribution in [2.45, 2.75) is 38.6 Å². The largest absolute Gasteiger partial charge is 0.356 e. The van der Waals surface area contributed by atoms with Crippen LogP contribution in [0.2, 0.25) is 0 Å². The van der Waals surface area contributed by atoms with Gasteiger partial charge in [-0.3, -0.25) is 0 Å². The van der Waals surface area contributed by atoms with E-state index in [1.807, 2.05) is 10.8 Å². The molecule has 0 amide bonds. The first-order valence-electron chi connectivity index (χ1n) is 7.15. The first-order chi connectivity index (χ1) is 9.88. The van der Waals surface area contributed by atoms with E-state index >= 15 is 0 Å². The molecule has 0 radical (unpaired) electrons. The standard InChI is InChI=1S/C16H19F2N3/c1-16(2,3)13-9-21-12(7-8-19-15(21)20-13)14-10(17)5-4-6-11(14)18/h4-6,9,12H,7-8H2,1-3H3,(H,19,20). The number of fused-ring (bicyclic) bond motifs is 1. The van der Waals surface area contributed by atoms with Gasteiger partial charge in [-0.05, 0) is 18.6 Å². The second kappa shape index (κ2) is 4.83. The highest BCUT2D eigenvalue weighted by Crippen LogP contribution is 2.34. The lowest BCUT2D eigenvalue weighted by Gasteiger charge is -2.27. The van der Waals surface area contributed by atoms with Crippen LogP contribution in [0.1, 0.15) is 44.5 Å². The molecule has 1 atom stereocenters. The maximum absolute atomic E-state index is 14.1. The fourth-order valence-electron chi connectivity index (χ4n) is 2.70. The number of imidazole rings is 1. The molecule has 1 aromatic carbocycles. The van der Waals surface area contributed by atoms with Crippen LogP contribution in [0.25, 0.3) is 0 Å². The molecular weight excluding hydrogens is 272 g/mol. The third-order valence-electron chi connectivity index (χ3n) is 3.87. The van der Waals surface area contributed by atoms with Crippen molar-refractivity contribution in [3.8, 4) is 0 Å². The van der Waals surface area contributed by atoms with Crippen LogP contribution in [0.15, 0.2) is 24.4 Å². The molecule has 1 unspecified atom stereocenters. The Balaban J connectivity index is 2.11. The summed E-state index contributed by atoms with van der Waals surface area (Å²) in [6.07, 6.45) is 2.53. The molecule has 0 saturated carbocycles. The Labute approximate surface area is 123 Å². The molecule has 0 fully saturated rings. The molecule has 0 spiro atoms. The summed E-state index contributed by atoms with van der Waals surface area (Å²) in [5.74, 6) is -0.323. The van der Waals surface area contributed by atoms with E-state index in [0.717, 1.165) is 5.69 Å². The van der Waals surface area contributed by atoms with Gasteiger partial charge >= 0.3 is 0 Å². The van der Waals surface area contributed by atoms with Crippen molar-refractivity contribution >= 4 is 5.95 Å². The van der Waals surface area contributed by atoms with E-state index in [-0.39, 0.29) is 17.0 Å². The minimum atomic E-state index is -0.501. The number of benzene rings is 1. The van der Waals surface area contributed by atoms with Gasteiger partial charge < -0.3 is 9.88 Å². The quantitative estimate of drug-likeness (QED) is 0.864. The number of hydrogen-bond acceptors (Lipinski definition) is 2. The summed E-state index contributed by atoms with van der Waals surface area (Å²) in [5, 5.41) is 3.20. The highest BCUT2D eigenvalue weighted by atomic mass is 19.1. The van der Waals surface area contributed by atoms with Gasteiger partial charge in [0.2, 0.25) is 5.95 Å². The van der Waals surface area contributed by atoms with Crippen LogP contribution in [0.5, 0.6) is 0 Å². The van der Waals surface area contributed by atoms with Gasteiger partial charge in [0.1, 0.15) is 11.6 Å². The van der Waals surface area contributed by atoms with Crippen LogP contribution in [0.3, 0.4) is 0 Å². The molecule has 0 aliphatic carbocycles. The van der Waals surface area contributed by atoms with Gasteiger partial charge in [0.15, 0.2) is 0 Å². The highest BCUT2D eigenvalue weighted by Gasteiger charge is 2.29. The van der Waals surface area contributed by atoms with Crippen LogP contribution in [0, 0.1) is 11.6 Å². The van der Waals surface area contributed by atoms with Gasteiger partial charge in [0.05, 0.1) is 11.7 Å². The third kappa shape index (κ3) is 2.41. The number of halogens is 2. The number of anilines is 1. The first-order valence-corrected chi connectivity index (χ1v) is 7.15. The van der Waals surface area contributed by atoms with Crippen molar-refractivity contribution in [3.05, 3.63) is 47.3 Å². The first kappa shape index (κ1) is 14.0. The summed E-state index contributed by atoms with van der Waals surface area (Å²) >= 11 is 0. The SMILES string of the molecule is CC(C)(C)c1cn2c(n1)NCCC2c1c(F)cccc1F. The summed E-state index contributed by atoms with van der Waals surface area (Å²) < 4.78 is 30.0. The van der Waals surface area contributed by atoms with Gasteiger partial charge in [-0.2, -0.15) is 0 Å². The van der Waals surface area contributed by atoms with Crippen LogP contribution in [0.4, 0.5) is 14.7 Å². The molecule has 112 valence electrons. The van der Waals surface area contributed by atoms with Gasteiger partial charge in [-0.15, -0.1) is 0 Å². The van der Waals surface area contributed by atoms with E-state index in [1.165, 1.54) is 18.2 Å². The fourth-order valence-corrected chi connectivity index (χ4v) is 2.70. The summed E-state index contributed by atoms with van der Waals surface area (Å²) in [7, 11) is 0. The van der Waals surface area contributed by atoms with E-state index in [2.05, 4.69) is 31.1 Å². The minimum Gasteiger partial charge on any atom is -0.356 e. The summed E-state index contributed by atoms with van der Waals surface area (Å²) in [6, 6.07) is 3.65. The smallest absolute Gasteiger partial charge is 0.203 e. The number of rotatable bonds is 1. The zero-order chi connectivity index (χ0) is 15.2. The lowest BCUT2D eigenvalue weighted by atomic mass is 9.93. The molecule has 3 nitrogen and oxygen atoms in total. The fraction of sp³-hybridized carbons (Fsp3) is 0.438. The molecule has 2 aromatic rings. The molecule has 1 aliphatic rings. The van der Waals surface area contributed by atoms with Crippen LogP contribution < -0.4 is 5.32 Å². The monoisotopic (exact) mass is 291 g/mol. The average Bonchev–Trinajstić information content (AvgIpc) is 2.83. The summed E-state index contributed by atoms with van der Waals surface area (Å²) in [5.41, 5.74) is 0.927. The summed E-state index contributed by atoms with van der Waals surface area (Å²) in [4.78, 5) is 4.56. The highest BCUT2D eigenvalue weighted by molar-refractivity contribution is 5.38. The topological polar surface area (TPSA) is 29.9 Å². The molecule has 1 N–H and O–H groups in total. The molecular formula is C16H19F2N3. The number of nitrogens with one attached hydrogen (secondary N) is 1. The zero-order valence-corrected chi connectivity index (χ0v) is 12.5. The Kier molecular flexibility index (Phi) is 3.23. The molecule has 1 aliphatic heterocycles. The maximum Gasteiger partial charge on any atom is 0.203 e. The van der Waals surface area contributed by atoms with Crippen LogP contribution >= 0.6 is 0 Å². The lowest BCUT2D eigenvalue weighted by molar-refractivity contribution is 0.462. The van der Waals surface area contributed by atoms with E-state index in [4.69, 9.17) is 0 Å². The van der Waals surface area contributed by atoms with Crippen LogP contribution in [-0.2, 0) is 5.41 Å². The van der Waals surface area contributed by atoms with Crippen LogP contribution in [-0.4, -0.2) is 16.1 Å². The van der Waals surface area contributed by atoms with E-state index in [9.17, 15) is 8.78 Å². The number of nitrogens with zero attached hydrogens (tertiary/aromatic N) is 2. The van der Waals surface area contributed by atoms with Gasteiger partial charge in [-0.25, -0.2) is 13.8 Å². The zero-order valence-electron chi connectivity index (χ0n) is 12.5. The summed E-state index contributed by atoms with van der Waals surface area (Å²) in [6.45, 7) is 6.86. The van der Waals surface area contributed by atoms with E-state index in [0.29, 0.717) is 18.9 Å². The van der Waals surface area contributed by atoms with Crippen molar-refractivity contribution in [2.24, 2.45) is 0 Å². The Bertz CT molecular complexity index is 650. The predicted molar refractivity (Wildman–Crippen MR) is 78.5 cm³/mol. The molecule has 0 saturated heterocycles. The molecule has 5 heteroatoms.